The van der Waals surface area contributed by atoms with Crippen molar-refractivity contribution in [2.75, 3.05) is 13.2 Å². The molecule has 6 heteroatoms. The van der Waals surface area contributed by atoms with E-state index in [0.717, 1.165) is 70.6 Å². The molecule has 0 heterocycles. The van der Waals surface area contributed by atoms with Gasteiger partial charge in [-0.1, -0.05) is 181 Å². The molecule has 294 valence electrons. The third-order valence-corrected chi connectivity index (χ3v) is 9.52. The highest BCUT2D eigenvalue weighted by atomic mass is 16.6. The van der Waals surface area contributed by atoms with Crippen LogP contribution >= 0.6 is 0 Å². The number of carbonyl (C=O) groups excluding carboxylic acids is 3. The maximum Gasteiger partial charge on any atom is 0.306 e. The molecule has 1 atom stereocenters. The predicted octanol–water partition coefficient (Wildman–Crippen LogP) is 13.5. The van der Waals surface area contributed by atoms with E-state index in [4.69, 9.17) is 14.2 Å². The third-order valence-electron chi connectivity index (χ3n) is 9.52. The SMILES string of the molecule is CCCCC/C=C\CCCCCCCC(=O)OC(COC(=O)CCCCCCC)COC(=O)CCCCCCCCCCCCCCCCC. The molecule has 0 bridgehead atoms. The molecule has 0 saturated heterocycles. The number of carbonyl (C=O) groups is 3. The van der Waals surface area contributed by atoms with E-state index in [1.54, 1.807) is 0 Å². The van der Waals surface area contributed by atoms with Crippen LogP contribution in [0.25, 0.3) is 0 Å². The quantitative estimate of drug-likeness (QED) is 0.0274. The summed E-state index contributed by atoms with van der Waals surface area (Å²) < 4.78 is 16.6. The van der Waals surface area contributed by atoms with Crippen LogP contribution in [0.1, 0.15) is 233 Å². The summed E-state index contributed by atoms with van der Waals surface area (Å²) in [6, 6.07) is 0. The number of hydrogen-bond donors (Lipinski definition) is 0. The second kappa shape index (κ2) is 39.9. The number of rotatable bonds is 39. The molecule has 0 spiro atoms. The van der Waals surface area contributed by atoms with Gasteiger partial charge in [-0.3, -0.25) is 14.4 Å². The van der Waals surface area contributed by atoms with Crippen LogP contribution in [0, 0.1) is 0 Å². The summed E-state index contributed by atoms with van der Waals surface area (Å²) in [4.78, 5) is 37.4. The van der Waals surface area contributed by atoms with E-state index in [0.29, 0.717) is 19.3 Å². The van der Waals surface area contributed by atoms with E-state index in [-0.39, 0.29) is 31.1 Å². The van der Waals surface area contributed by atoms with Crippen molar-refractivity contribution < 1.29 is 28.6 Å². The van der Waals surface area contributed by atoms with Gasteiger partial charge in [0.2, 0.25) is 0 Å². The van der Waals surface area contributed by atoms with Gasteiger partial charge in [0.15, 0.2) is 6.10 Å². The van der Waals surface area contributed by atoms with Gasteiger partial charge in [0.05, 0.1) is 0 Å². The first kappa shape index (κ1) is 48.1. The molecule has 0 rings (SSSR count). The second-order valence-corrected chi connectivity index (χ2v) is 14.6. The van der Waals surface area contributed by atoms with Gasteiger partial charge in [-0.2, -0.15) is 0 Å². The fraction of sp³-hybridized carbons (Fsp3) is 0.886. The molecular weight excluding hydrogens is 624 g/mol. The molecule has 0 N–H and O–H groups in total. The van der Waals surface area contributed by atoms with Crippen molar-refractivity contribution in [3.05, 3.63) is 12.2 Å². The van der Waals surface area contributed by atoms with Crippen molar-refractivity contribution in [2.45, 2.75) is 239 Å². The molecule has 0 saturated carbocycles. The molecule has 50 heavy (non-hydrogen) atoms. The first-order valence-electron chi connectivity index (χ1n) is 21.7. The Morgan fingerprint density at radius 2 is 0.660 bits per heavy atom. The largest absolute Gasteiger partial charge is 0.462 e. The van der Waals surface area contributed by atoms with Gasteiger partial charge in [0.25, 0.3) is 0 Å². The minimum Gasteiger partial charge on any atom is -0.462 e. The average molecular weight is 707 g/mol. The fourth-order valence-corrected chi connectivity index (χ4v) is 6.20. The smallest absolute Gasteiger partial charge is 0.306 e. The highest BCUT2D eigenvalue weighted by Gasteiger charge is 2.19. The summed E-state index contributed by atoms with van der Waals surface area (Å²) in [5.74, 6) is -0.889. The standard InChI is InChI=1S/C44H82O6/c1-4-7-10-13-15-17-19-21-22-23-25-26-28-31-34-37-43(46)49-40-41(39-48-42(45)36-33-30-12-9-6-3)50-44(47)38-35-32-29-27-24-20-18-16-14-11-8-5-2/h16,18,41H,4-15,17,19-40H2,1-3H3/b18-16-. The van der Waals surface area contributed by atoms with E-state index in [1.807, 2.05) is 0 Å². The van der Waals surface area contributed by atoms with Crippen molar-refractivity contribution in [1.29, 1.82) is 0 Å². The second-order valence-electron chi connectivity index (χ2n) is 14.6. The minimum absolute atomic E-state index is 0.0704. The molecule has 0 aromatic carbocycles. The van der Waals surface area contributed by atoms with E-state index in [2.05, 4.69) is 32.9 Å². The molecule has 0 aliphatic rings. The van der Waals surface area contributed by atoms with E-state index in [1.165, 1.54) is 122 Å². The molecule has 1 unspecified atom stereocenters. The first-order chi connectivity index (χ1) is 24.5. The third kappa shape index (κ3) is 37.4. The molecule has 0 aromatic rings. The van der Waals surface area contributed by atoms with E-state index in [9.17, 15) is 14.4 Å². The summed E-state index contributed by atoms with van der Waals surface area (Å²) in [5.41, 5.74) is 0. The van der Waals surface area contributed by atoms with Crippen molar-refractivity contribution in [3.8, 4) is 0 Å². The van der Waals surface area contributed by atoms with Gasteiger partial charge in [0.1, 0.15) is 13.2 Å². The molecule has 0 aromatic heterocycles. The van der Waals surface area contributed by atoms with Gasteiger partial charge in [-0.25, -0.2) is 0 Å². The average Bonchev–Trinajstić information content (AvgIpc) is 3.11. The molecule has 0 amide bonds. The Hall–Kier alpha value is -1.85. The maximum atomic E-state index is 12.6. The summed E-state index contributed by atoms with van der Waals surface area (Å²) in [7, 11) is 0. The lowest BCUT2D eigenvalue weighted by Gasteiger charge is -2.18. The Kier molecular flexibility index (Phi) is 38.5. The van der Waals surface area contributed by atoms with Crippen LogP contribution in [0.3, 0.4) is 0 Å². The molecule has 0 fully saturated rings. The molecular formula is C44H82O6. The number of hydrogen-bond acceptors (Lipinski definition) is 6. The lowest BCUT2D eigenvalue weighted by molar-refractivity contribution is -0.167. The van der Waals surface area contributed by atoms with Crippen LogP contribution in [-0.4, -0.2) is 37.2 Å². The lowest BCUT2D eigenvalue weighted by atomic mass is 10.0. The van der Waals surface area contributed by atoms with Crippen molar-refractivity contribution in [1.82, 2.24) is 0 Å². The predicted molar refractivity (Wildman–Crippen MR) is 210 cm³/mol. The van der Waals surface area contributed by atoms with Crippen LogP contribution in [-0.2, 0) is 28.6 Å². The van der Waals surface area contributed by atoms with Crippen LogP contribution < -0.4 is 0 Å². The summed E-state index contributed by atoms with van der Waals surface area (Å²) in [6.45, 7) is 6.53. The Bertz CT molecular complexity index is 778. The lowest BCUT2D eigenvalue weighted by Crippen LogP contribution is -2.30. The zero-order valence-electron chi connectivity index (χ0n) is 33.4. The number of esters is 3. The normalized spacial score (nSPS) is 12.0. The molecule has 0 aliphatic heterocycles. The molecule has 0 aliphatic carbocycles. The van der Waals surface area contributed by atoms with E-state index < -0.39 is 6.10 Å². The van der Waals surface area contributed by atoms with Gasteiger partial charge < -0.3 is 14.2 Å². The van der Waals surface area contributed by atoms with Gasteiger partial charge in [-0.15, -0.1) is 0 Å². The van der Waals surface area contributed by atoms with Crippen LogP contribution in [0.4, 0.5) is 0 Å². The summed E-state index contributed by atoms with van der Waals surface area (Å²) >= 11 is 0. The molecule has 0 radical (unpaired) electrons. The number of unbranched alkanes of at least 4 members (excludes halogenated alkanes) is 26. The Morgan fingerprint density at radius 1 is 0.380 bits per heavy atom. The van der Waals surface area contributed by atoms with E-state index >= 15 is 0 Å². The van der Waals surface area contributed by atoms with Gasteiger partial charge >= 0.3 is 17.9 Å². The Morgan fingerprint density at radius 3 is 1.04 bits per heavy atom. The maximum absolute atomic E-state index is 12.6. The summed E-state index contributed by atoms with van der Waals surface area (Å²) in [5, 5.41) is 0. The topological polar surface area (TPSA) is 78.9 Å². The van der Waals surface area contributed by atoms with Gasteiger partial charge in [0, 0.05) is 19.3 Å². The monoisotopic (exact) mass is 707 g/mol. The zero-order valence-corrected chi connectivity index (χ0v) is 33.4. The van der Waals surface area contributed by atoms with Crippen molar-refractivity contribution >= 4 is 17.9 Å². The van der Waals surface area contributed by atoms with Crippen molar-refractivity contribution in [2.24, 2.45) is 0 Å². The van der Waals surface area contributed by atoms with Crippen LogP contribution in [0.5, 0.6) is 0 Å². The first-order valence-corrected chi connectivity index (χ1v) is 21.7. The number of ether oxygens (including phenoxy) is 3. The zero-order chi connectivity index (χ0) is 36.6. The van der Waals surface area contributed by atoms with Gasteiger partial charge in [-0.05, 0) is 44.9 Å². The highest BCUT2D eigenvalue weighted by Crippen LogP contribution is 2.15. The Labute approximate surface area is 310 Å². The van der Waals surface area contributed by atoms with Crippen LogP contribution in [0.2, 0.25) is 0 Å². The minimum atomic E-state index is -0.763. The number of allylic oxidation sites excluding steroid dienone is 2. The van der Waals surface area contributed by atoms with Crippen molar-refractivity contribution in [3.63, 3.8) is 0 Å². The highest BCUT2D eigenvalue weighted by molar-refractivity contribution is 5.71. The van der Waals surface area contributed by atoms with Crippen LogP contribution in [0.15, 0.2) is 12.2 Å². The fourth-order valence-electron chi connectivity index (χ4n) is 6.20. The Balaban J connectivity index is 4.21. The summed E-state index contributed by atoms with van der Waals surface area (Å²) in [6.07, 6.45) is 40.8. The molecule has 6 nitrogen and oxygen atoms in total.